The summed E-state index contributed by atoms with van der Waals surface area (Å²) < 4.78 is 0. The first kappa shape index (κ1) is 25.0. The van der Waals surface area contributed by atoms with Crippen molar-refractivity contribution in [3.63, 3.8) is 0 Å². The Hall–Kier alpha value is -2.31. The molecule has 0 heterocycles. The number of hydrogen-bond donors (Lipinski definition) is 3. The van der Waals surface area contributed by atoms with Gasteiger partial charge in [0.25, 0.3) is 0 Å². The Balaban J connectivity index is 0.000000614. The predicted molar refractivity (Wildman–Crippen MR) is 128 cm³/mol. The van der Waals surface area contributed by atoms with Gasteiger partial charge in [0, 0.05) is 20.4 Å². The number of nitrogens with one attached hydrogen (secondary N) is 1. The largest absolute Gasteiger partial charge is 0.481 e. The van der Waals surface area contributed by atoms with Gasteiger partial charge >= 0.3 is 5.97 Å². The van der Waals surface area contributed by atoms with Crippen molar-refractivity contribution in [3.8, 4) is 0 Å². The molecule has 1 atom stereocenters. The number of benzene rings is 3. The summed E-state index contributed by atoms with van der Waals surface area (Å²) in [4.78, 5) is 13.2. The number of carboxylic acid groups (broad SMARTS) is 1. The minimum Gasteiger partial charge on any atom is -0.481 e. The number of carbonyl (C=O) groups is 1. The molecule has 0 spiro atoms. The fourth-order valence-electron chi connectivity index (χ4n) is 3.06. The molecule has 164 valence electrons. The normalized spacial score (nSPS) is 12.4. The Morgan fingerprint density at radius 1 is 0.935 bits per heavy atom. The molecular formula is C25H28ClNO3S. The van der Waals surface area contributed by atoms with Crippen LogP contribution >= 0.6 is 23.4 Å². The summed E-state index contributed by atoms with van der Waals surface area (Å²) >= 11 is 7.40. The fraction of sp³-hybridized carbons (Fsp3) is 0.240. The van der Waals surface area contributed by atoms with Gasteiger partial charge in [0.1, 0.15) is 5.60 Å². The van der Waals surface area contributed by atoms with Crippen molar-refractivity contribution in [2.45, 2.75) is 35.7 Å². The second-order valence-corrected chi connectivity index (χ2v) is 8.36. The third kappa shape index (κ3) is 7.40. The molecule has 1 unspecified atom stereocenters. The van der Waals surface area contributed by atoms with Crippen LogP contribution in [0.15, 0.2) is 88.7 Å². The van der Waals surface area contributed by atoms with E-state index in [0.717, 1.165) is 22.9 Å². The minimum atomic E-state index is -1.62. The zero-order valence-electron chi connectivity index (χ0n) is 17.7. The molecule has 0 bridgehead atoms. The van der Waals surface area contributed by atoms with Gasteiger partial charge in [0.05, 0.1) is 6.42 Å². The highest BCUT2D eigenvalue weighted by molar-refractivity contribution is 7.99. The van der Waals surface area contributed by atoms with Crippen LogP contribution in [0.5, 0.6) is 0 Å². The molecule has 0 saturated heterocycles. The Labute approximate surface area is 193 Å². The molecule has 3 rings (SSSR count). The molecule has 6 heteroatoms. The number of carboxylic acids is 1. The minimum absolute atomic E-state index is 0.421. The maximum absolute atomic E-state index is 11.5. The van der Waals surface area contributed by atoms with E-state index in [1.165, 1.54) is 11.8 Å². The molecule has 0 amide bonds. The van der Waals surface area contributed by atoms with Crippen molar-refractivity contribution >= 4 is 29.3 Å². The van der Waals surface area contributed by atoms with Crippen molar-refractivity contribution in [2.24, 2.45) is 0 Å². The Morgan fingerprint density at radius 2 is 1.52 bits per heavy atom. The van der Waals surface area contributed by atoms with E-state index < -0.39 is 18.0 Å². The Bertz CT molecular complexity index is 948. The molecule has 0 aliphatic carbocycles. The lowest BCUT2D eigenvalue weighted by molar-refractivity contribution is -0.141. The Morgan fingerprint density at radius 3 is 2.06 bits per heavy atom. The summed E-state index contributed by atoms with van der Waals surface area (Å²) in [5.41, 5.74) is -0.511. The van der Waals surface area contributed by atoms with Crippen molar-refractivity contribution < 1.29 is 15.0 Å². The molecule has 3 aromatic carbocycles. The first-order valence-corrected chi connectivity index (χ1v) is 11.3. The van der Waals surface area contributed by atoms with Gasteiger partial charge in [-0.15, -0.1) is 0 Å². The van der Waals surface area contributed by atoms with E-state index in [4.69, 9.17) is 11.6 Å². The van der Waals surface area contributed by atoms with Crippen LogP contribution < -0.4 is 5.32 Å². The van der Waals surface area contributed by atoms with Crippen LogP contribution in [0.2, 0.25) is 5.02 Å². The van der Waals surface area contributed by atoms with E-state index in [9.17, 15) is 15.0 Å². The molecule has 3 N–H and O–H groups in total. The molecule has 0 fully saturated rings. The number of aliphatic carboxylic acids is 1. The summed E-state index contributed by atoms with van der Waals surface area (Å²) in [5, 5.41) is 24.6. The topological polar surface area (TPSA) is 69.6 Å². The molecular weight excluding hydrogens is 430 g/mol. The van der Waals surface area contributed by atoms with E-state index >= 15 is 0 Å². The molecule has 0 saturated carbocycles. The first-order valence-electron chi connectivity index (χ1n) is 10.1. The summed E-state index contributed by atoms with van der Waals surface area (Å²) in [6.07, 6.45) is -0.421. The van der Waals surface area contributed by atoms with Crippen LogP contribution in [0.3, 0.4) is 0 Å². The highest BCUT2D eigenvalue weighted by atomic mass is 35.5. The summed E-state index contributed by atoms with van der Waals surface area (Å²) in [6.45, 7) is 6.39. The summed E-state index contributed by atoms with van der Waals surface area (Å²) in [5.74, 6) is -1.07. The van der Waals surface area contributed by atoms with E-state index in [0.29, 0.717) is 16.1 Å². The van der Waals surface area contributed by atoms with Gasteiger partial charge in [-0.3, -0.25) is 4.79 Å². The highest BCUT2D eigenvalue weighted by Gasteiger charge is 2.36. The SMILES string of the molecule is CCNCC.O=C(O)CC(O)(c1ccccc1)c1ccccc1Sc1ccc(Cl)cc1. The van der Waals surface area contributed by atoms with Gasteiger partial charge in [0.15, 0.2) is 0 Å². The third-order valence-electron chi connectivity index (χ3n) is 4.53. The molecule has 0 aromatic heterocycles. The molecule has 31 heavy (non-hydrogen) atoms. The second kappa shape index (κ2) is 12.5. The third-order valence-corrected chi connectivity index (χ3v) is 5.87. The average molecular weight is 458 g/mol. The summed E-state index contributed by atoms with van der Waals surface area (Å²) in [7, 11) is 0. The number of halogens is 1. The number of aliphatic hydroxyl groups is 1. The monoisotopic (exact) mass is 457 g/mol. The van der Waals surface area contributed by atoms with Crippen molar-refractivity contribution in [1.29, 1.82) is 0 Å². The van der Waals surface area contributed by atoms with Gasteiger partial charge in [-0.25, -0.2) is 0 Å². The van der Waals surface area contributed by atoms with Crippen LogP contribution in [-0.4, -0.2) is 29.3 Å². The van der Waals surface area contributed by atoms with Crippen LogP contribution in [0.25, 0.3) is 0 Å². The van der Waals surface area contributed by atoms with E-state index in [1.54, 1.807) is 48.5 Å². The van der Waals surface area contributed by atoms with Gasteiger partial charge in [-0.1, -0.05) is 85.7 Å². The van der Waals surface area contributed by atoms with Crippen LogP contribution in [0.1, 0.15) is 31.4 Å². The lowest BCUT2D eigenvalue weighted by Crippen LogP contribution is -2.31. The lowest BCUT2D eigenvalue weighted by Gasteiger charge is -2.29. The molecule has 3 aromatic rings. The highest BCUT2D eigenvalue weighted by Crippen LogP contribution is 2.41. The van der Waals surface area contributed by atoms with Gasteiger partial charge in [0.2, 0.25) is 0 Å². The maximum Gasteiger partial charge on any atom is 0.307 e. The van der Waals surface area contributed by atoms with Crippen LogP contribution in [0, 0.1) is 0 Å². The predicted octanol–water partition coefficient (Wildman–Crippen LogP) is 5.82. The molecule has 0 aliphatic rings. The standard InChI is InChI=1S/C21H17ClO3S.C4H11N/c22-16-10-12-17(13-11-16)26-19-9-5-4-8-18(19)21(25,14-20(23)24)15-6-2-1-3-7-15;1-3-5-4-2/h1-13,25H,14H2,(H,23,24);5H,3-4H2,1-2H3. The van der Waals surface area contributed by atoms with Gasteiger partial charge in [-0.05, 0) is 49.0 Å². The Kier molecular flexibility index (Phi) is 10.1. The number of hydrogen-bond acceptors (Lipinski definition) is 4. The molecule has 0 radical (unpaired) electrons. The summed E-state index contributed by atoms with van der Waals surface area (Å²) in [6, 6.07) is 23.6. The lowest BCUT2D eigenvalue weighted by atomic mass is 9.83. The van der Waals surface area contributed by atoms with Gasteiger partial charge in [-0.2, -0.15) is 0 Å². The van der Waals surface area contributed by atoms with Crippen LogP contribution in [0.4, 0.5) is 0 Å². The average Bonchev–Trinajstić information content (AvgIpc) is 2.77. The van der Waals surface area contributed by atoms with Crippen molar-refractivity contribution in [3.05, 3.63) is 95.0 Å². The maximum atomic E-state index is 11.5. The zero-order chi connectivity index (χ0) is 22.7. The van der Waals surface area contributed by atoms with Crippen molar-refractivity contribution in [1.82, 2.24) is 5.32 Å². The fourth-order valence-corrected chi connectivity index (χ4v) is 4.21. The molecule has 0 aliphatic heterocycles. The van der Waals surface area contributed by atoms with Crippen LogP contribution in [-0.2, 0) is 10.4 Å². The first-order chi connectivity index (χ1) is 14.9. The quantitative estimate of drug-likeness (QED) is 0.397. The smallest absolute Gasteiger partial charge is 0.307 e. The number of rotatable bonds is 8. The van der Waals surface area contributed by atoms with E-state index in [1.807, 2.05) is 30.3 Å². The van der Waals surface area contributed by atoms with Crippen molar-refractivity contribution in [2.75, 3.05) is 13.1 Å². The van der Waals surface area contributed by atoms with E-state index in [-0.39, 0.29) is 0 Å². The molecule has 4 nitrogen and oxygen atoms in total. The zero-order valence-corrected chi connectivity index (χ0v) is 19.3. The van der Waals surface area contributed by atoms with E-state index in [2.05, 4.69) is 19.2 Å². The van der Waals surface area contributed by atoms with Gasteiger partial charge < -0.3 is 15.5 Å². The second-order valence-electron chi connectivity index (χ2n) is 6.81.